The van der Waals surface area contributed by atoms with Crippen LogP contribution in [0.2, 0.25) is 0 Å². The minimum absolute atomic E-state index is 0.00564. The molecule has 0 unspecified atom stereocenters. The second-order valence-corrected chi connectivity index (χ2v) is 6.62. The predicted octanol–water partition coefficient (Wildman–Crippen LogP) is 4.93. The van der Waals surface area contributed by atoms with Gasteiger partial charge >= 0.3 is 6.03 Å². The van der Waals surface area contributed by atoms with Crippen molar-refractivity contribution in [2.75, 3.05) is 11.9 Å². The summed E-state index contributed by atoms with van der Waals surface area (Å²) >= 11 is 0. The first-order valence-corrected chi connectivity index (χ1v) is 8.89. The zero-order valence-corrected chi connectivity index (χ0v) is 14.6. The smallest absolute Gasteiger partial charge is 0.320 e. The minimum atomic E-state index is -0.00564. The maximum Gasteiger partial charge on any atom is 0.322 e. The van der Waals surface area contributed by atoms with Crippen LogP contribution < -0.4 is 5.32 Å². The monoisotopic (exact) mass is 322 g/mol. The summed E-state index contributed by atoms with van der Waals surface area (Å²) in [6.07, 6.45) is 4.44. The third kappa shape index (κ3) is 3.78. The average Bonchev–Trinajstić information content (AvgIpc) is 2.61. The Balaban J connectivity index is 1.65. The molecule has 1 heterocycles. The maximum absolute atomic E-state index is 12.6. The number of benzene rings is 2. The first-order chi connectivity index (χ1) is 11.7. The van der Waals surface area contributed by atoms with Crippen LogP contribution in [0.15, 0.2) is 42.5 Å². The van der Waals surface area contributed by atoms with E-state index in [1.54, 1.807) is 0 Å². The van der Waals surface area contributed by atoms with Crippen LogP contribution >= 0.6 is 0 Å². The van der Waals surface area contributed by atoms with Gasteiger partial charge in [0.25, 0.3) is 0 Å². The summed E-state index contributed by atoms with van der Waals surface area (Å²) in [6.45, 7) is 5.74. The van der Waals surface area contributed by atoms with Crippen LogP contribution in [0.5, 0.6) is 0 Å². The Morgan fingerprint density at radius 2 is 1.96 bits per heavy atom. The molecular formula is C21H26N2O. The van der Waals surface area contributed by atoms with E-state index in [1.807, 2.05) is 17.0 Å². The lowest BCUT2D eigenvalue weighted by Gasteiger charge is -2.29. The molecule has 0 aliphatic carbocycles. The van der Waals surface area contributed by atoms with Crippen molar-refractivity contribution in [2.24, 2.45) is 0 Å². The van der Waals surface area contributed by atoms with Gasteiger partial charge in [0, 0.05) is 18.8 Å². The highest BCUT2D eigenvalue weighted by atomic mass is 16.2. The maximum atomic E-state index is 12.6. The molecule has 2 aromatic carbocycles. The van der Waals surface area contributed by atoms with E-state index in [0.717, 1.165) is 30.6 Å². The quantitative estimate of drug-likeness (QED) is 0.850. The van der Waals surface area contributed by atoms with Crippen LogP contribution in [-0.4, -0.2) is 17.5 Å². The first kappa shape index (κ1) is 16.6. The summed E-state index contributed by atoms with van der Waals surface area (Å²) in [5, 5.41) is 3.08. The Kier molecular flexibility index (Phi) is 5.19. The molecule has 3 nitrogen and oxygen atoms in total. The number of nitrogens with zero attached hydrogens (tertiary/aromatic N) is 1. The van der Waals surface area contributed by atoms with E-state index in [0.29, 0.717) is 6.54 Å². The number of carbonyl (C=O) groups excluding carboxylic acids is 1. The van der Waals surface area contributed by atoms with Crippen molar-refractivity contribution in [1.82, 2.24) is 4.90 Å². The van der Waals surface area contributed by atoms with E-state index in [9.17, 15) is 4.79 Å². The lowest BCUT2D eigenvalue weighted by Crippen LogP contribution is -2.38. The molecule has 0 saturated carbocycles. The average molecular weight is 322 g/mol. The van der Waals surface area contributed by atoms with Crippen molar-refractivity contribution >= 4 is 11.7 Å². The van der Waals surface area contributed by atoms with Gasteiger partial charge in [-0.15, -0.1) is 0 Å². The number of aryl methyl sites for hydroxylation is 2. The van der Waals surface area contributed by atoms with Gasteiger partial charge in [0.2, 0.25) is 0 Å². The Morgan fingerprint density at radius 3 is 2.71 bits per heavy atom. The predicted molar refractivity (Wildman–Crippen MR) is 99.4 cm³/mol. The number of unbranched alkanes of at least 4 members (excludes halogenated alkanes) is 1. The highest BCUT2D eigenvalue weighted by Gasteiger charge is 2.20. The third-order valence-electron chi connectivity index (χ3n) is 4.77. The van der Waals surface area contributed by atoms with Gasteiger partial charge in [0.1, 0.15) is 0 Å². The fraction of sp³-hybridized carbons (Fsp3) is 0.381. The summed E-state index contributed by atoms with van der Waals surface area (Å²) in [7, 11) is 0. The molecular weight excluding hydrogens is 296 g/mol. The molecule has 1 aliphatic rings. The standard InChI is InChI=1S/C21H26N2O/c1-3-4-7-17-10-11-20(16(2)14-17)22-21(24)23-13-12-18-8-5-6-9-19(18)15-23/h5-6,8-11,14H,3-4,7,12-13,15H2,1-2H3,(H,22,24). The summed E-state index contributed by atoms with van der Waals surface area (Å²) in [6, 6.07) is 14.7. The van der Waals surface area contributed by atoms with Gasteiger partial charge in [0.15, 0.2) is 0 Å². The van der Waals surface area contributed by atoms with Crippen LogP contribution in [0.3, 0.4) is 0 Å². The number of carbonyl (C=O) groups is 1. The topological polar surface area (TPSA) is 32.3 Å². The molecule has 0 saturated heterocycles. The normalized spacial score (nSPS) is 13.5. The number of anilines is 1. The fourth-order valence-electron chi connectivity index (χ4n) is 3.27. The van der Waals surface area contributed by atoms with Crippen LogP contribution in [0, 0.1) is 6.92 Å². The number of rotatable bonds is 4. The van der Waals surface area contributed by atoms with Crippen LogP contribution in [0.1, 0.15) is 42.0 Å². The molecule has 0 aromatic heterocycles. The second kappa shape index (κ2) is 7.52. The molecule has 24 heavy (non-hydrogen) atoms. The Morgan fingerprint density at radius 1 is 1.17 bits per heavy atom. The van der Waals surface area contributed by atoms with Crippen molar-refractivity contribution in [3.8, 4) is 0 Å². The van der Waals surface area contributed by atoms with Crippen molar-refractivity contribution in [3.63, 3.8) is 0 Å². The number of nitrogens with one attached hydrogen (secondary N) is 1. The fourth-order valence-corrected chi connectivity index (χ4v) is 3.27. The lowest BCUT2D eigenvalue weighted by molar-refractivity contribution is 0.206. The van der Waals surface area contributed by atoms with Gasteiger partial charge in [-0.1, -0.05) is 49.7 Å². The van der Waals surface area contributed by atoms with E-state index in [4.69, 9.17) is 0 Å². The molecule has 1 N–H and O–H groups in total. The summed E-state index contributed by atoms with van der Waals surface area (Å²) in [5.74, 6) is 0. The Bertz CT molecular complexity index is 724. The van der Waals surface area contributed by atoms with E-state index < -0.39 is 0 Å². The summed E-state index contributed by atoms with van der Waals surface area (Å²) in [5.41, 5.74) is 6.01. The highest BCUT2D eigenvalue weighted by molar-refractivity contribution is 5.90. The largest absolute Gasteiger partial charge is 0.322 e. The van der Waals surface area contributed by atoms with Crippen molar-refractivity contribution < 1.29 is 4.79 Å². The molecule has 3 heteroatoms. The van der Waals surface area contributed by atoms with Gasteiger partial charge in [-0.3, -0.25) is 0 Å². The molecule has 0 fully saturated rings. The SMILES string of the molecule is CCCCc1ccc(NC(=O)N2CCc3ccccc3C2)c(C)c1. The Hall–Kier alpha value is -2.29. The molecule has 3 rings (SSSR count). The molecule has 126 valence electrons. The van der Waals surface area contributed by atoms with Gasteiger partial charge in [-0.25, -0.2) is 4.79 Å². The van der Waals surface area contributed by atoms with Gasteiger partial charge < -0.3 is 10.2 Å². The number of fused-ring (bicyclic) bond motifs is 1. The summed E-state index contributed by atoms with van der Waals surface area (Å²) < 4.78 is 0. The first-order valence-electron chi connectivity index (χ1n) is 8.89. The van der Waals surface area contributed by atoms with Gasteiger partial charge in [-0.05, 0) is 54.5 Å². The summed E-state index contributed by atoms with van der Waals surface area (Å²) in [4.78, 5) is 14.5. The van der Waals surface area contributed by atoms with E-state index >= 15 is 0 Å². The minimum Gasteiger partial charge on any atom is -0.320 e. The second-order valence-electron chi connectivity index (χ2n) is 6.62. The third-order valence-corrected chi connectivity index (χ3v) is 4.77. The molecule has 0 atom stereocenters. The zero-order valence-electron chi connectivity index (χ0n) is 14.6. The van der Waals surface area contributed by atoms with E-state index in [2.05, 4.69) is 49.5 Å². The van der Waals surface area contributed by atoms with Gasteiger partial charge in [0.05, 0.1) is 0 Å². The molecule has 0 radical (unpaired) electrons. The van der Waals surface area contributed by atoms with E-state index in [-0.39, 0.29) is 6.03 Å². The van der Waals surface area contributed by atoms with Gasteiger partial charge in [-0.2, -0.15) is 0 Å². The van der Waals surface area contributed by atoms with Crippen LogP contribution in [0.25, 0.3) is 0 Å². The molecule has 2 aromatic rings. The van der Waals surface area contributed by atoms with Crippen LogP contribution in [-0.2, 0) is 19.4 Å². The number of hydrogen-bond donors (Lipinski definition) is 1. The molecule has 1 aliphatic heterocycles. The Labute approximate surface area is 144 Å². The van der Waals surface area contributed by atoms with Crippen molar-refractivity contribution in [2.45, 2.75) is 46.1 Å². The van der Waals surface area contributed by atoms with E-state index in [1.165, 1.54) is 29.5 Å². The van der Waals surface area contributed by atoms with Crippen molar-refractivity contribution in [3.05, 3.63) is 64.7 Å². The van der Waals surface area contributed by atoms with Crippen molar-refractivity contribution in [1.29, 1.82) is 0 Å². The number of amides is 2. The number of hydrogen-bond acceptors (Lipinski definition) is 1. The molecule has 0 bridgehead atoms. The molecule has 2 amide bonds. The number of urea groups is 1. The lowest BCUT2D eigenvalue weighted by atomic mass is 10.0. The zero-order chi connectivity index (χ0) is 16.9. The highest BCUT2D eigenvalue weighted by Crippen LogP contribution is 2.21. The van der Waals surface area contributed by atoms with Crippen LogP contribution in [0.4, 0.5) is 10.5 Å². The molecule has 0 spiro atoms.